The van der Waals surface area contributed by atoms with Crippen molar-refractivity contribution in [3.8, 4) is 30.3 Å². The number of nitro benzene ring substituents is 1. The first kappa shape index (κ1) is 19.9. The molecule has 9 heteroatoms. The molecule has 0 radical (unpaired) electrons. The predicted octanol–water partition coefficient (Wildman–Crippen LogP) is 2.53. The van der Waals surface area contributed by atoms with Crippen LogP contribution in [0.2, 0.25) is 0 Å². The number of hydrogen-bond donors (Lipinski definition) is 1. The molecule has 2 rings (SSSR count). The molecule has 28 heavy (non-hydrogen) atoms. The summed E-state index contributed by atoms with van der Waals surface area (Å²) in [4.78, 5) is 10.5. The lowest BCUT2D eigenvalue weighted by molar-refractivity contribution is -0.384. The molecule has 1 aliphatic rings. The van der Waals surface area contributed by atoms with Crippen molar-refractivity contribution >= 4 is 5.69 Å². The molecule has 1 fully saturated rings. The minimum absolute atomic E-state index is 0.116. The molecule has 0 saturated heterocycles. The highest BCUT2D eigenvalue weighted by Crippen LogP contribution is 2.76. The molecule has 0 heterocycles. The number of rotatable bonds is 5. The van der Waals surface area contributed by atoms with E-state index in [4.69, 9.17) is 0 Å². The van der Waals surface area contributed by atoms with E-state index in [2.05, 4.69) is 5.32 Å². The van der Waals surface area contributed by atoms with E-state index in [-0.39, 0.29) is 23.0 Å². The van der Waals surface area contributed by atoms with Crippen LogP contribution in [0.5, 0.6) is 0 Å². The lowest BCUT2D eigenvalue weighted by Gasteiger charge is -2.20. The molecule has 1 aliphatic carbocycles. The van der Waals surface area contributed by atoms with Crippen LogP contribution in [0.1, 0.15) is 25.3 Å². The van der Waals surface area contributed by atoms with Gasteiger partial charge in [-0.2, -0.15) is 26.3 Å². The number of nitrogens with one attached hydrogen (secondary N) is 1. The van der Waals surface area contributed by atoms with Gasteiger partial charge in [0.15, 0.2) is 5.41 Å². The van der Waals surface area contributed by atoms with Crippen LogP contribution in [0, 0.1) is 77.6 Å². The molecule has 1 aromatic rings. The Hall–Kier alpha value is -4.39. The summed E-state index contributed by atoms with van der Waals surface area (Å²) in [5.74, 6) is -1.07. The molecule has 0 aliphatic heterocycles. The summed E-state index contributed by atoms with van der Waals surface area (Å²) in [7, 11) is 0. The SMILES string of the molecule is CC(C)NC(=C(C#N)C#N)[C@]1(C#N)[C@H](c2cccc([N+](=O)[O-])c2)C1(C#N)C#N. The molecule has 0 aromatic heterocycles. The molecule has 0 amide bonds. The second-order valence-corrected chi connectivity index (χ2v) is 6.51. The number of nitro groups is 1. The first-order valence-corrected chi connectivity index (χ1v) is 8.09. The molecule has 2 atom stereocenters. The lowest BCUT2D eigenvalue weighted by atomic mass is 9.89. The van der Waals surface area contributed by atoms with Crippen LogP contribution in [0.3, 0.4) is 0 Å². The van der Waals surface area contributed by atoms with Crippen molar-refractivity contribution in [2.75, 3.05) is 0 Å². The van der Waals surface area contributed by atoms with Crippen LogP contribution in [-0.4, -0.2) is 11.0 Å². The van der Waals surface area contributed by atoms with E-state index in [1.165, 1.54) is 24.3 Å². The van der Waals surface area contributed by atoms with Gasteiger partial charge in [0.25, 0.3) is 5.69 Å². The van der Waals surface area contributed by atoms with Gasteiger partial charge in [-0.25, -0.2) is 0 Å². The van der Waals surface area contributed by atoms with Gasteiger partial charge in [0.05, 0.1) is 28.8 Å². The van der Waals surface area contributed by atoms with Crippen LogP contribution in [0.15, 0.2) is 35.5 Å². The van der Waals surface area contributed by atoms with Crippen LogP contribution in [0.25, 0.3) is 0 Å². The van der Waals surface area contributed by atoms with Crippen molar-refractivity contribution in [2.45, 2.75) is 25.8 Å². The summed E-state index contributed by atoms with van der Waals surface area (Å²) >= 11 is 0. The Bertz CT molecular complexity index is 1060. The predicted molar refractivity (Wildman–Crippen MR) is 94.1 cm³/mol. The summed E-state index contributed by atoms with van der Waals surface area (Å²) < 4.78 is 0. The Balaban J connectivity index is 2.85. The Morgan fingerprint density at radius 2 is 1.75 bits per heavy atom. The van der Waals surface area contributed by atoms with E-state index >= 15 is 0 Å². The second kappa shape index (κ2) is 7.08. The van der Waals surface area contributed by atoms with Crippen LogP contribution in [0.4, 0.5) is 5.69 Å². The Kier molecular flexibility index (Phi) is 5.04. The number of allylic oxidation sites excluding steroid dienone is 2. The number of non-ortho nitro benzene ring substituents is 1. The Labute approximate surface area is 161 Å². The maximum Gasteiger partial charge on any atom is 0.269 e. The summed E-state index contributed by atoms with van der Waals surface area (Å²) in [6.45, 7) is 3.42. The van der Waals surface area contributed by atoms with Crippen LogP contribution in [-0.2, 0) is 0 Å². The largest absolute Gasteiger partial charge is 0.383 e. The number of hydrogen-bond acceptors (Lipinski definition) is 8. The highest BCUT2D eigenvalue weighted by molar-refractivity contribution is 5.64. The molecule has 0 spiro atoms. The zero-order chi connectivity index (χ0) is 21.1. The van der Waals surface area contributed by atoms with Crippen molar-refractivity contribution in [1.29, 1.82) is 26.3 Å². The van der Waals surface area contributed by atoms with Gasteiger partial charge in [0, 0.05) is 24.1 Å². The van der Waals surface area contributed by atoms with E-state index in [9.17, 15) is 36.4 Å². The zero-order valence-electron chi connectivity index (χ0n) is 15.0. The number of benzene rings is 1. The van der Waals surface area contributed by atoms with Gasteiger partial charge in [0.1, 0.15) is 23.1 Å². The van der Waals surface area contributed by atoms with Gasteiger partial charge in [-0.1, -0.05) is 12.1 Å². The first-order valence-electron chi connectivity index (χ1n) is 8.09. The molecule has 136 valence electrons. The fourth-order valence-corrected chi connectivity index (χ4v) is 3.48. The standard InChI is InChI=1S/C19H13N7O2/c1-12(2)25-17(14(7-20)8-21)19(11-24)16(18(19,9-22)10-23)13-4-3-5-15(6-13)26(27)28/h3-6,12,16,25H,1-2H3/t16-,19+/m1/s1. The highest BCUT2D eigenvalue weighted by Gasteiger charge is 2.83. The molecule has 1 aromatic carbocycles. The average Bonchev–Trinajstić information content (AvgIpc) is 3.31. The number of nitriles is 5. The molecule has 1 N–H and O–H groups in total. The fraction of sp³-hybridized carbons (Fsp3) is 0.316. The maximum absolute atomic E-state index is 11.1. The minimum atomic E-state index is -1.91. The summed E-state index contributed by atoms with van der Waals surface area (Å²) in [6, 6.07) is 14.1. The van der Waals surface area contributed by atoms with Gasteiger partial charge in [-0.15, -0.1) is 0 Å². The first-order chi connectivity index (χ1) is 13.3. The van der Waals surface area contributed by atoms with E-state index in [0.29, 0.717) is 0 Å². The summed E-state index contributed by atoms with van der Waals surface area (Å²) in [5, 5.41) is 62.2. The van der Waals surface area contributed by atoms with E-state index in [1.807, 2.05) is 18.2 Å². The van der Waals surface area contributed by atoms with Crippen molar-refractivity contribution < 1.29 is 4.92 Å². The monoisotopic (exact) mass is 371 g/mol. The van der Waals surface area contributed by atoms with Gasteiger partial charge < -0.3 is 5.32 Å². The van der Waals surface area contributed by atoms with Gasteiger partial charge in [-0.05, 0) is 19.4 Å². The fourth-order valence-electron chi connectivity index (χ4n) is 3.48. The maximum atomic E-state index is 11.1. The molecule has 9 nitrogen and oxygen atoms in total. The quantitative estimate of drug-likeness (QED) is 0.466. The van der Waals surface area contributed by atoms with Crippen molar-refractivity contribution in [1.82, 2.24) is 5.32 Å². The number of nitrogens with zero attached hydrogens (tertiary/aromatic N) is 6. The third kappa shape index (κ3) is 2.58. The molecule has 0 unspecified atom stereocenters. The van der Waals surface area contributed by atoms with Gasteiger partial charge >= 0.3 is 0 Å². The normalized spacial score (nSPS) is 21.0. The van der Waals surface area contributed by atoms with Gasteiger partial charge in [-0.3, -0.25) is 10.1 Å². The zero-order valence-corrected chi connectivity index (χ0v) is 15.0. The highest BCUT2D eigenvalue weighted by atomic mass is 16.6. The molecule has 0 bridgehead atoms. The van der Waals surface area contributed by atoms with Crippen LogP contribution < -0.4 is 5.32 Å². The molecular weight excluding hydrogens is 358 g/mol. The van der Waals surface area contributed by atoms with Crippen molar-refractivity contribution in [3.05, 3.63) is 51.2 Å². The Morgan fingerprint density at radius 1 is 1.14 bits per heavy atom. The third-order valence-electron chi connectivity index (χ3n) is 4.65. The second-order valence-electron chi connectivity index (χ2n) is 6.51. The molecular formula is C19H13N7O2. The van der Waals surface area contributed by atoms with Gasteiger partial charge in [0.2, 0.25) is 0 Å². The van der Waals surface area contributed by atoms with Crippen LogP contribution >= 0.6 is 0 Å². The van der Waals surface area contributed by atoms with E-state index < -0.39 is 27.2 Å². The van der Waals surface area contributed by atoms with E-state index in [1.54, 1.807) is 26.0 Å². The average molecular weight is 371 g/mol. The minimum Gasteiger partial charge on any atom is -0.383 e. The molecule has 1 saturated carbocycles. The summed E-state index contributed by atoms with van der Waals surface area (Å²) in [5.41, 5.74) is -4.31. The Morgan fingerprint density at radius 3 is 2.18 bits per heavy atom. The van der Waals surface area contributed by atoms with Crippen molar-refractivity contribution in [3.63, 3.8) is 0 Å². The van der Waals surface area contributed by atoms with E-state index in [0.717, 1.165) is 0 Å². The third-order valence-corrected chi connectivity index (χ3v) is 4.65. The summed E-state index contributed by atoms with van der Waals surface area (Å²) in [6.07, 6.45) is 0. The topological polar surface area (TPSA) is 174 Å². The lowest BCUT2D eigenvalue weighted by Crippen LogP contribution is -2.31. The van der Waals surface area contributed by atoms with Crippen molar-refractivity contribution in [2.24, 2.45) is 10.8 Å². The smallest absolute Gasteiger partial charge is 0.269 e.